The van der Waals surface area contributed by atoms with Crippen LogP contribution < -0.4 is 11.1 Å². The smallest absolute Gasteiger partial charge is 0.234 e. The predicted molar refractivity (Wildman–Crippen MR) is 68.6 cm³/mol. The zero-order chi connectivity index (χ0) is 12.3. The zero-order valence-electron chi connectivity index (χ0n) is 10.8. The molecule has 0 spiro atoms. The van der Waals surface area contributed by atoms with Gasteiger partial charge in [-0.15, -0.1) is 0 Å². The highest BCUT2D eigenvalue weighted by Crippen LogP contribution is 2.21. The first-order valence-electron chi connectivity index (χ1n) is 6.96. The minimum absolute atomic E-state index is 0.128. The van der Waals surface area contributed by atoms with Crippen molar-refractivity contribution < 1.29 is 4.79 Å². The van der Waals surface area contributed by atoms with Crippen molar-refractivity contribution in [2.24, 2.45) is 5.73 Å². The molecule has 2 unspecified atom stereocenters. The Morgan fingerprint density at radius 1 is 1.41 bits per heavy atom. The number of primary amides is 1. The van der Waals surface area contributed by atoms with Gasteiger partial charge >= 0.3 is 0 Å². The Kier molecular flexibility index (Phi) is 4.40. The molecule has 0 aromatic heterocycles. The van der Waals surface area contributed by atoms with E-state index in [0.29, 0.717) is 12.1 Å². The Bertz CT molecular complexity index is 265. The lowest BCUT2D eigenvalue weighted by Crippen LogP contribution is -2.46. The molecule has 0 aromatic rings. The third-order valence-electron chi connectivity index (χ3n) is 4.00. The maximum absolute atomic E-state index is 11.4. The fraction of sp³-hybridized carbons (Fsp3) is 0.923. The normalized spacial score (nSPS) is 27.9. The summed E-state index contributed by atoms with van der Waals surface area (Å²) in [5, 5.41) is 3.34. The van der Waals surface area contributed by atoms with Gasteiger partial charge in [-0.1, -0.05) is 6.42 Å². The number of nitrogens with zero attached hydrogens (tertiary/aromatic N) is 1. The Morgan fingerprint density at radius 2 is 2.18 bits per heavy atom. The van der Waals surface area contributed by atoms with Crippen molar-refractivity contribution in [2.45, 2.75) is 63.6 Å². The third kappa shape index (κ3) is 3.96. The molecule has 4 heteroatoms. The standard InChI is InChI=1S/C13H25N3O/c1-10-4-2-3-8-16(10)9-7-12(13(14)17)15-11-5-6-11/h10-12,15H,2-9H2,1H3,(H2,14,17). The fourth-order valence-electron chi connectivity index (χ4n) is 2.63. The molecule has 2 atom stereocenters. The molecule has 0 radical (unpaired) electrons. The van der Waals surface area contributed by atoms with Crippen LogP contribution in [0.15, 0.2) is 0 Å². The summed E-state index contributed by atoms with van der Waals surface area (Å²) < 4.78 is 0. The van der Waals surface area contributed by atoms with Crippen molar-refractivity contribution in [3.63, 3.8) is 0 Å². The van der Waals surface area contributed by atoms with Crippen LogP contribution >= 0.6 is 0 Å². The van der Waals surface area contributed by atoms with Gasteiger partial charge in [0.1, 0.15) is 0 Å². The second kappa shape index (κ2) is 5.83. The molecule has 1 saturated carbocycles. The Balaban J connectivity index is 1.75. The molecule has 0 aromatic carbocycles. The maximum atomic E-state index is 11.4. The molecule has 1 amide bonds. The molecule has 2 fully saturated rings. The highest BCUT2D eigenvalue weighted by atomic mass is 16.1. The first kappa shape index (κ1) is 12.8. The quantitative estimate of drug-likeness (QED) is 0.722. The molecule has 4 nitrogen and oxygen atoms in total. The zero-order valence-corrected chi connectivity index (χ0v) is 10.8. The fourth-order valence-corrected chi connectivity index (χ4v) is 2.63. The molecule has 3 N–H and O–H groups in total. The van der Waals surface area contributed by atoms with Crippen LogP contribution in [0.1, 0.15) is 45.4 Å². The van der Waals surface area contributed by atoms with Crippen molar-refractivity contribution >= 4 is 5.91 Å². The van der Waals surface area contributed by atoms with Crippen LogP contribution in [0.2, 0.25) is 0 Å². The van der Waals surface area contributed by atoms with Crippen LogP contribution in [-0.4, -0.2) is 42.0 Å². The van der Waals surface area contributed by atoms with Crippen molar-refractivity contribution in [1.82, 2.24) is 10.2 Å². The lowest BCUT2D eigenvalue weighted by Gasteiger charge is -2.34. The minimum atomic E-state index is -0.193. The summed E-state index contributed by atoms with van der Waals surface area (Å²) in [6.45, 7) is 4.46. The number of carbonyl (C=O) groups excluding carboxylic acids is 1. The lowest BCUT2D eigenvalue weighted by molar-refractivity contribution is -0.120. The van der Waals surface area contributed by atoms with E-state index >= 15 is 0 Å². The second-order valence-corrected chi connectivity index (χ2v) is 5.57. The summed E-state index contributed by atoms with van der Waals surface area (Å²) in [6, 6.07) is 1.08. The largest absolute Gasteiger partial charge is 0.368 e. The van der Waals surface area contributed by atoms with Crippen LogP contribution in [-0.2, 0) is 4.79 Å². The number of hydrogen-bond acceptors (Lipinski definition) is 3. The number of rotatable bonds is 6. The Hall–Kier alpha value is -0.610. The van der Waals surface area contributed by atoms with Gasteiger partial charge in [-0.05, 0) is 45.6 Å². The van der Waals surface area contributed by atoms with Gasteiger partial charge in [-0.2, -0.15) is 0 Å². The average Bonchev–Trinajstić information content (AvgIpc) is 3.09. The number of nitrogens with two attached hydrogens (primary N) is 1. The molecule has 1 heterocycles. The van der Waals surface area contributed by atoms with Gasteiger partial charge in [-0.3, -0.25) is 4.79 Å². The summed E-state index contributed by atoms with van der Waals surface area (Å²) in [5.74, 6) is -0.193. The predicted octanol–water partition coefficient (Wildman–Crippen LogP) is 0.857. The number of amides is 1. The van der Waals surface area contributed by atoms with Gasteiger partial charge in [0.15, 0.2) is 0 Å². The highest BCUT2D eigenvalue weighted by molar-refractivity contribution is 5.79. The molecule has 2 rings (SSSR count). The van der Waals surface area contributed by atoms with Gasteiger partial charge in [0.05, 0.1) is 6.04 Å². The van der Waals surface area contributed by atoms with Gasteiger partial charge in [-0.25, -0.2) is 0 Å². The molecule has 17 heavy (non-hydrogen) atoms. The number of carbonyl (C=O) groups is 1. The number of hydrogen-bond donors (Lipinski definition) is 2. The van der Waals surface area contributed by atoms with E-state index < -0.39 is 0 Å². The van der Waals surface area contributed by atoms with E-state index in [9.17, 15) is 4.79 Å². The van der Waals surface area contributed by atoms with E-state index in [0.717, 1.165) is 13.0 Å². The van der Waals surface area contributed by atoms with Crippen LogP contribution in [0.5, 0.6) is 0 Å². The van der Waals surface area contributed by atoms with E-state index in [1.54, 1.807) is 0 Å². The van der Waals surface area contributed by atoms with Crippen molar-refractivity contribution in [3.8, 4) is 0 Å². The van der Waals surface area contributed by atoms with Crippen LogP contribution in [0.25, 0.3) is 0 Å². The van der Waals surface area contributed by atoms with Crippen LogP contribution in [0.3, 0.4) is 0 Å². The van der Waals surface area contributed by atoms with Gasteiger partial charge in [0, 0.05) is 18.6 Å². The molecule has 98 valence electrons. The van der Waals surface area contributed by atoms with Crippen LogP contribution in [0.4, 0.5) is 0 Å². The van der Waals surface area contributed by atoms with Crippen LogP contribution in [0, 0.1) is 0 Å². The van der Waals surface area contributed by atoms with Crippen molar-refractivity contribution in [3.05, 3.63) is 0 Å². The summed E-state index contributed by atoms with van der Waals surface area (Å²) in [6.07, 6.45) is 7.18. The van der Waals surface area contributed by atoms with E-state index in [1.807, 2.05) is 0 Å². The third-order valence-corrected chi connectivity index (χ3v) is 4.00. The monoisotopic (exact) mass is 239 g/mol. The SMILES string of the molecule is CC1CCCCN1CCC(NC1CC1)C(N)=O. The van der Waals surface area contributed by atoms with E-state index in [4.69, 9.17) is 5.73 Å². The Morgan fingerprint density at radius 3 is 2.76 bits per heavy atom. The molecule has 1 aliphatic carbocycles. The molecule has 1 aliphatic heterocycles. The summed E-state index contributed by atoms with van der Waals surface area (Å²) >= 11 is 0. The van der Waals surface area contributed by atoms with Gasteiger partial charge in [0.2, 0.25) is 5.91 Å². The minimum Gasteiger partial charge on any atom is -0.368 e. The van der Waals surface area contributed by atoms with E-state index in [2.05, 4.69) is 17.1 Å². The lowest BCUT2D eigenvalue weighted by atomic mass is 10.0. The maximum Gasteiger partial charge on any atom is 0.234 e. The topological polar surface area (TPSA) is 58.4 Å². The molecule has 2 aliphatic rings. The highest BCUT2D eigenvalue weighted by Gasteiger charge is 2.28. The summed E-state index contributed by atoms with van der Waals surface area (Å²) in [7, 11) is 0. The molecular formula is C13H25N3O. The second-order valence-electron chi connectivity index (χ2n) is 5.57. The summed E-state index contributed by atoms with van der Waals surface area (Å²) in [5.41, 5.74) is 5.44. The van der Waals surface area contributed by atoms with Crippen molar-refractivity contribution in [1.29, 1.82) is 0 Å². The van der Waals surface area contributed by atoms with Crippen molar-refractivity contribution in [2.75, 3.05) is 13.1 Å². The molecule has 1 saturated heterocycles. The number of nitrogens with one attached hydrogen (secondary N) is 1. The number of likely N-dealkylation sites (tertiary alicyclic amines) is 1. The summed E-state index contributed by atoms with van der Waals surface area (Å²) in [4.78, 5) is 13.9. The first-order chi connectivity index (χ1) is 8.16. The van der Waals surface area contributed by atoms with Gasteiger partial charge in [0.25, 0.3) is 0 Å². The first-order valence-corrected chi connectivity index (χ1v) is 6.96. The molecule has 0 bridgehead atoms. The Labute approximate surface area is 104 Å². The van der Waals surface area contributed by atoms with E-state index in [-0.39, 0.29) is 11.9 Å². The molecular weight excluding hydrogens is 214 g/mol. The van der Waals surface area contributed by atoms with Gasteiger partial charge < -0.3 is 16.0 Å². The van der Waals surface area contributed by atoms with E-state index in [1.165, 1.54) is 38.6 Å². The number of piperidine rings is 1. The average molecular weight is 239 g/mol.